The van der Waals surface area contributed by atoms with Gasteiger partial charge in [-0.3, -0.25) is 4.90 Å². The summed E-state index contributed by atoms with van der Waals surface area (Å²) in [6.45, 7) is 1.99. The van der Waals surface area contributed by atoms with Gasteiger partial charge in [0.25, 0.3) is 0 Å². The Kier molecular flexibility index (Phi) is 6.75. The number of carbonyl (C=O) groups is 1. The van der Waals surface area contributed by atoms with Crippen molar-refractivity contribution in [2.75, 3.05) is 20.2 Å². The van der Waals surface area contributed by atoms with Crippen molar-refractivity contribution < 1.29 is 23.0 Å². The summed E-state index contributed by atoms with van der Waals surface area (Å²) in [6, 6.07) is 6.64. The minimum absolute atomic E-state index is 0.139. The molecule has 0 saturated carbocycles. The number of carbonyl (C=O) groups excluding carboxylic acids is 1. The van der Waals surface area contributed by atoms with Gasteiger partial charge in [-0.15, -0.1) is 0 Å². The molecule has 2 aromatic rings. The lowest BCUT2D eigenvalue weighted by atomic mass is 10.1. The summed E-state index contributed by atoms with van der Waals surface area (Å²) in [6.07, 6.45) is 1.46. The number of likely N-dealkylation sites (tertiary alicyclic amines) is 1. The van der Waals surface area contributed by atoms with Crippen LogP contribution >= 0.6 is 23.2 Å². The van der Waals surface area contributed by atoms with Gasteiger partial charge in [0.15, 0.2) is 0 Å². The summed E-state index contributed by atoms with van der Waals surface area (Å²) >= 11 is 12.3. The molecule has 0 amide bonds. The summed E-state index contributed by atoms with van der Waals surface area (Å²) in [5.41, 5.74) is 0.589. The van der Waals surface area contributed by atoms with Crippen molar-refractivity contribution in [3.05, 3.63) is 63.1 Å². The minimum atomic E-state index is -0.800. The fourth-order valence-electron chi connectivity index (χ4n) is 3.21. The second-order valence-electron chi connectivity index (χ2n) is 6.61. The molecular formula is C20H19Cl2F2NO3. The topological polar surface area (TPSA) is 38.8 Å². The van der Waals surface area contributed by atoms with Crippen LogP contribution in [0, 0.1) is 11.6 Å². The predicted octanol–water partition coefficient (Wildman–Crippen LogP) is 5.10. The summed E-state index contributed by atoms with van der Waals surface area (Å²) in [5, 5.41) is 0.520. The maximum Gasteiger partial charge on any atom is 0.340 e. The number of nitrogens with zero attached hydrogens (tertiary/aromatic N) is 1. The van der Waals surface area contributed by atoms with Gasteiger partial charge < -0.3 is 9.47 Å². The first-order valence-corrected chi connectivity index (χ1v) is 9.53. The van der Waals surface area contributed by atoms with E-state index in [0.717, 1.165) is 31.0 Å². The number of hydrogen-bond acceptors (Lipinski definition) is 4. The van der Waals surface area contributed by atoms with Gasteiger partial charge in [-0.05, 0) is 43.1 Å². The number of piperidine rings is 1. The van der Waals surface area contributed by atoms with E-state index in [1.165, 1.54) is 25.3 Å². The summed E-state index contributed by atoms with van der Waals surface area (Å²) in [7, 11) is 1.17. The van der Waals surface area contributed by atoms with Gasteiger partial charge in [0.2, 0.25) is 0 Å². The number of methoxy groups -OCH3 is 1. The molecule has 3 rings (SSSR count). The van der Waals surface area contributed by atoms with Crippen LogP contribution in [0.2, 0.25) is 10.0 Å². The molecule has 0 spiro atoms. The second-order valence-corrected chi connectivity index (χ2v) is 7.42. The first-order chi connectivity index (χ1) is 13.4. The molecule has 1 saturated heterocycles. The number of hydrogen-bond donors (Lipinski definition) is 0. The zero-order valence-electron chi connectivity index (χ0n) is 15.2. The monoisotopic (exact) mass is 429 g/mol. The zero-order valence-corrected chi connectivity index (χ0v) is 16.7. The van der Waals surface area contributed by atoms with Gasteiger partial charge in [0.05, 0.1) is 17.7 Å². The van der Waals surface area contributed by atoms with Crippen molar-refractivity contribution in [2.45, 2.75) is 25.5 Å². The third-order valence-electron chi connectivity index (χ3n) is 4.59. The van der Waals surface area contributed by atoms with Crippen LogP contribution in [0.4, 0.5) is 8.78 Å². The minimum Gasteiger partial charge on any atom is -0.487 e. The van der Waals surface area contributed by atoms with Gasteiger partial charge in [0, 0.05) is 24.2 Å². The molecule has 0 radical (unpaired) electrons. The van der Waals surface area contributed by atoms with Gasteiger partial charge in [-0.1, -0.05) is 29.3 Å². The third kappa shape index (κ3) is 4.93. The lowest BCUT2D eigenvalue weighted by Gasteiger charge is -2.33. The van der Waals surface area contributed by atoms with Crippen molar-refractivity contribution in [2.24, 2.45) is 0 Å². The zero-order chi connectivity index (χ0) is 20.3. The number of rotatable bonds is 5. The van der Waals surface area contributed by atoms with Crippen LogP contribution in [0.5, 0.6) is 5.75 Å². The molecule has 28 heavy (non-hydrogen) atoms. The maximum absolute atomic E-state index is 14.2. The van der Waals surface area contributed by atoms with Crippen LogP contribution in [0.15, 0.2) is 30.3 Å². The van der Waals surface area contributed by atoms with Crippen molar-refractivity contribution >= 4 is 29.2 Å². The molecule has 1 aliphatic heterocycles. The van der Waals surface area contributed by atoms with E-state index in [4.69, 9.17) is 27.9 Å². The lowest BCUT2D eigenvalue weighted by molar-refractivity contribution is 0.0595. The van der Waals surface area contributed by atoms with E-state index in [0.29, 0.717) is 18.1 Å². The smallest absolute Gasteiger partial charge is 0.340 e. The molecule has 2 aromatic carbocycles. The molecule has 8 heteroatoms. The highest BCUT2D eigenvalue weighted by Gasteiger charge is 2.24. The van der Waals surface area contributed by atoms with Crippen LogP contribution in [0.1, 0.15) is 28.8 Å². The van der Waals surface area contributed by atoms with Crippen LogP contribution in [0.3, 0.4) is 0 Å². The highest BCUT2D eigenvalue weighted by molar-refractivity contribution is 6.32. The SMILES string of the molecule is COC(=O)c1cc(Cl)c(O[C@@H]2CCCN(Cc3ccc(F)cc3Cl)C2)cc1F. The molecule has 1 aliphatic rings. The Labute approximate surface area is 171 Å². The highest BCUT2D eigenvalue weighted by Crippen LogP contribution is 2.31. The number of esters is 1. The van der Waals surface area contributed by atoms with E-state index in [1.807, 2.05) is 0 Å². The van der Waals surface area contributed by atoms with Crippen LogP contribution < -0.4 is 4.74 Å². The van der Waals surface area contributed by atoms with E-state index in [9.17, 15) is 13.6 Å². The maximum atomic E-state index is 14.2. The van der Waals surface area contributed by atoms with E-state index in [1.54, 1.807) is 6.07 Å². The predicted molar refractivity (Wildman–Crippen MR) is 103 cm³/mol. The first kappa shape index (κ1) is 20.8. The van der Waals surface area contributed by atoms with Crippen molar-refractivity contribution in [3.63, 3.8) is 0 Å². The quantitative estimate of drug-likeness (QED) is 0.619. The van der Waals surface area contributed by atoms with Crippen molar-refractivity contribution in [1.29, 1.82) is 0 Å². The first-order valence-electron chi connectivity index (χ1n) is 8.77. The average molecular weight is 430 g/mol. The van der Waals surface area contributed by atoms with Crippen molar-refractivity contribution in [1.82, 2.24) is 4.90 Å². The number of benzene rings is 2. The van der Waals surface area contributed by atoms with E-state index in [2.05, 4.69) is 9.64 Å². The number of ether oxygens (including phenoxy) is 2. The Bertz CT molecular complexity index is 879. The van der Waals surface area contributed by atoms with E-state index >= 15 is 0 Å². The molecule has 1 fully saturated rings. The Morgan fingerprint density at radius 2 is 2.00 bits per heavy atom. The van der Waals surface area contributed by atoms with Gasteiger partial charge in [-0.2, -0.15) is 0 Å². The highest BCUT2D eigenvalue weighted by atomic mass is 35.5. The Hall–Kier alpha value is -1.89. The van der Waals surface area contributed by atoms with E-state index < -0.39 is 11.8 Å². The molecule has 150 valence electrons. The molecule has 1 heterocycles. The summed E-state index contributed by atoms with van der Waals surface area (Å²) in [4.78, 5) is 13.7. The third-order valence-corrected chi connectivity index (χ3v) is 5.24. The molecule has 0 aliphatic carbocycles. The van der Waals surface area contributed by atoms with Gasteiger partial charge in [0.1, 0.15) is 23.5 Å². The fraction of sp³-hybridized carbons (Fsp3) is 0.350. The molecule has 0 unspecified atom stereocenters. The van der Waals surface area contributed by atoms with Crippen LogP contribution in [0.25, 0.3) is 0 Å². The molecule has 0 bridgehead atoms. The fourth-order valence-corrected chi connectivity index (χ4v) is 3.64. The number of halogens is 4. The van der Waals surface area contributed by atoms with Gasteiger partial charge >= 0.3 is 5.97 Å². The lowest BCUT2D eigenvalue weighted by Crippen LogP contribution is -2.40. The Morgan fingerprint density at radius 1 is 1.21 bits per heavy atom. The molecule has 4 nitrogen and oxygen atoms in total. The van der Waals surface area contributed by atoms with Gasteiger partial charge in [-0.25, -0.2) is 13.6 Å². The van der Waals surface area contributed by atoms with Crippen molar-refractivity contribution in [3.8, 4) is 5.75 Å². The largest absolute Gasteiger partial charge is 0.487 e. The Balaban J connectivity index is 1.68. The van der Waals surface area contributed by atoms with Crippen LogP contribution in [-0.2, 0) is 11.3 Å². The standard InChI is InChI=1S/C20H19Cl2F2NO3/c1-27-20(26)15-8-17(22)19(9-18(15)24)28-14-3-2-6-25(11-14)10-12-4-5-13(23)7-16(12)21/h4-5,7-9,14H,2-3,6,10-11H2,1H3/t14-/m1/s1. The summed E-state index contributed by atoms with van der Waals surface area (Å²) < 4.78 is 37.8. The molecule has 0 aromatic heterocycles. The van der Waals surface area contributed by atoms with E-state index in [-0.39, 0.29) is 28.3 Å². The normalized spacial score (nSPS) is 17.4. The average Bonchev–Trinajstić information content (AvgIpc) is 2.66. The van der Waals surface area contributed by atoms with Crippen LogP contribution in [-0.4, -0.2) is 37.2 Å². The summed E-state index contributed by atoms with van der Waals surface area (Å²) in [5.74, 6) is -1.75. The Morgan fingerprint density at radius 3 is 2.71 bits per heavy atom. The molecular weight excluding hydrogens is 411 g/mol. The molecule has 0 N–H and O–H groups in total. The second kappa shape index (κ2) is 9.07. The molecule has 1 atom stereocenters.